The van der Waals surface area contributed by atoms with Crippen molar-refractivity contribution < 1.29 is 9.53 Å². The molecule has 120 valence electrons. The van der Waals surface area contributed by atoms with E-state index in [1.165, 1.54) is 5.56 Å². The minimum Gasteiger partial charge on any atom is -0.484 e. The number of hydrogen-bond acceptors (Lipinski definition) is 3. The van der Waals surface area contributed by atoms with Gasteiger partial charge in [0.2, 0.25) is 0 Å². The molecule has 2 aromatic rings. The molecule has 0 radical (unpaired) electrons. The molecule has 0 saturated carbocycles. The van der Waals surface area contributed by atoms with Crippen molar-refractivity contribution in [1.82, 2.24) is 5.43 Å². The average molecular weight is 310 g/mol. The first-order valence-corrected chi connectivity index (χ1v) is 7.66. The van der Waals surface area contributed by atoms with Crippen LogP contribution >= 0.6 is 0 Å². The summed E-state index contributed by atoms with van der Waals surface area (Å²) in [6.45, 7) is 6.24. The second-order valence-corrected chi connectivity index (χ2v) is 5.72. The molecule has 0 unspecified atom stereocenters. The zero-order valence-corrected chi connectivity index (χ0v) is 13.7. The van der Waals surface area contributed by atoms with Gasteiger partial charge in [0.25, 0.3) is 5.91 Å². The fraction of sp³-hybridized carbons (Fsp3) is 0.263. The molecule has 0 aliphatic heterocycles. The highest BCUT2D eigenvalue weighted by Gasteiger charge is 2.01. The van der Waals surface area contributed by atoms with Crippen molar-refractivity contribution in [3.05, 3.63) is 65.2 Å². The van der Waals surface area contributed by atoms with Crippen molar-refractivity contribution in [2.75, 3.05) is 6.61 Å². The Morgan fingerprint density at radius 1 is 1.13 bits per heavy atom. The van der Waals surface area contributed by atoms with Crippen LogP contribution in [0.2, 0.25) is 0 Å². The summed E-state index contributed by atoms with van der Waals surface area (Å²) < 4.78 is 5.38. The smallest absolute Gasteiger partial charge is 0.277 e. The van der Waals surface area contributed by atoms with Crippen molar-refractivity contribution >= 4 is 12.1 Å². The van der Waals surface area contributed by atoms with E-state index in [9.17, 15) is 4.79 Å². The van der Waals surface area contributed by atoms with Crippen LogP contribution in [0.4, 0.5) is 0 Å². The summed E-state index contributed by atoms with van der Waals surface area (Å²) in [6, 6.07) is 15.6. The van der Waals surface area contributed by atoms with Gasteiger partial charge < -0.3 is 4.74 Å². The molecule has 0 atom stereocenters. The van der Waals surface area contributed by atoms with Gasteiger partial charge in [0.15, 0.2) is 6.61 Å². The minimum atomic E-state index is -0.291. The standard InChI is InChI=1S/C19H22N2O2/c1-14(2)17-8-6-16(7-9-17)12-20-21-19(22)13-23-18-10-4-15(3)5-11-18/h4-12,14H,13H2,1-3H3,(H,21,22)/b20-12+. The summed E-state index contributed by atoms with van der Waals surface area (Å²) in [6.07, 6.45) is 1.62. The van der Waals surface area contributed by atoms with Gasteiger partial charge in [0, 0.05) is 0 Å². The predicted molar refractivity (Wildman–Crippen MR) is 92.9 cm³/mol. The molecule has 0 saturated heterocycles. The highest BCUT2D eigenvalue weighted by molar-refractivity contribution is 5.82. The van der Waals surface area contributed by atoms with Crippen LogP contribution in [-0.4, -0.2) is 18.7 Å². The van der Waals surface area contributed by atoms with Crippen molar-refractivity contribution in [3.63, 3.8) is 0 Å². The number of carbonyl (C=O) groups is 1. The maximum atomic E-state index is 11.7. The lowest BCUT2D eigenvalue weighted by atomic mass is 10.0. The Hall–Kier alpha value is -2.62. The van der Waals surface area contributed by atoms with E-state index in [4.69, 9.17) is 4.74 Å². The zero-order valence-electron chi connectivity index (χ0n) is 13.7. The Bertz CT molecular complexity index is 659. The monoisotopic (exact) mass is 310 g/mol. The molecular formula is C19H22N2O2. The van der Waals surface area contributed by atoms with Crippen LogP contribution in [0.15, 0.2) is 53.6 Å². The molecule has 0 bridgehead atoms. The van der Waals surface area contributed by atoms with E-state index in [0.29, 0.717) is 11.7 Å². The number of rotatable bonds is 6. The SMILES string of the molecule is Cc1ccc(OCC(=O)N/N=C/c2ccc(C(C)C)cc2)cc1. The van der Waals surface area contributed by atoms with Gasteiger partial charge in [0.1, 0.15) is 5.75 Å². The number of aryl methyl sites for hydroxylation is 1. The molecule has 0 spiro atoms. The third-order valence-electron chi connectivity index (χ3n) is 3.40. The molecule has 0 aliphatic rings. The van der Waals surface area contributed by atoms with Crippen LogP contribution < -0.4 is 10.2 Å². The molecule has 0 aliphatic carbocycles. The third-order valence-corrected chi connectivity index (χ3v) is 3.40. The average Bonchev–Trinajstić information content (AvgIpc) is 2.55. The fourth-order valence-electron chi connectivity index (χ4n) is 1.96. The fourth-order valence-corrected chi connectivity index (χ4v) is 1.96. The molecule has 2 rings (SSSR count). The van der Waals surface area contributed by atoms with Crippen molar-refractivity contribution in [2.45, 2.75) is 26.7 Å². The summed E-state index contributed by atoms with van der Waals surface area (Å²) in [7, 11) is 0. The molecule has 0 aromatic heterocycles. The highest BCUT2D eigenvalue weighted by Crippen LogP contribution is 2.14. The molecule has 1 N–H and O–H groups in total. The van der Waals surface area contributed by atoms with Crippen LogP contribution in [0.1, 0.15) is 36.5 Å². The topological polar surface area (TPSA) is 50.7 Å². The first-order chi connectivity index (χ1) is 11.0. The van der Waals surface area contributed by atoms with Gasteiger partial charge in [0.05, 0.1) is 6.21 Å². The van der Waals surface area contributed by atoms with Crippen molar-refractivity contribution in [2.24, 2.45) is 5.10 Å². The quantitative estimate of drug-likeness (QED) is 0.654. The molecule has 0 fully saturated rings. The lowest BCUT2D eigenvalue weighted by Crippen LogP contribution is -2.24. The van der Waals surface area contributed by atoms with Crippen LogP contribution in [-0.2, 0) is 4.79 Å². The Kier molecular flexibility index (Phi) is 5.92. The molecule has 4 heteroatoms. The molecule has 1 amide bonds. The molecule has 0 heterocycles. The molecule has 4 nitrogen and oxygen atoms in total. The lowest BCUT2D eigenvalue weighted by molar-refractivity contribution is -0.123. The van der Waals surface area contributed by atoms with Crippen LogP contribution in [0, 0.1) is 6.92 Å². The summed E-state index contributed by atoms with van der Waals surface area (Å²) in [5.74, 6) is 0.874. The van der Waals surface area contributed by atoms with E-state index in [1.54, 1.807) is 6.21 Å². The Morgan fingerprint density at radius 3 is 2.39 bits per heavy atom. The van der Waals surface area contributed by atoms with E-state index < -0.39 is 0 Å². The Morgan fingerprint density at radius 2 is 1.78 bits per heavy atom. The van der Waals surface area contributed by atoms with Gasteiger partial charge in [-0.05, 0) is 36.1 Å². The van der Waals surface area contributed by atoms with Crippen LogP contribution in [0.5, 0.6) is 5.75 Å². The van der Waals surface area contributed by atoms with Gasteiger partial charge >= 0.3 is 0 Å². The van der Waals surface area contributed by atoms with Crippen molar-refractivity contribution in [3.8, 4) is 5.75 Å². The summed E-state index contributed by atoms with van der Waals surface area (Å²) in [5, 5.41) is 3.94. The van der Waals surface area contributed by atoms with Gasteiger partial charge in [-0.15, -0.1) is 0 Å². The summed E-state index contributed by atoms with van der Waals surface area (Å²) in [4.78, 5) is 11.7. The second kappa shape index (κ2) is 8.13. The second-order valence-electron chi connectivity index (χ2n) is 5.72. The largest absolute Gasteiger partial charge is 0.484 e. The van der Waals surface area contributed by atoms with E-state index >= 15 is 0 Å². The number of benzene rings is 2. The third kappa shape index (κ3) is 5.58. The zero-order chi connectivity index (χ0) is 16.7. The summed E-state index contributed by atoms with van der Waals surface area (Å²) in [5.41, 5.74) is 5.82. The molecule has 2 aromatic carbocycles. The summed E-state index contributed by atoms with van der Waals surface area (Å²) >= 11 is 0. The number of carbonyl (C=O) groups excluding carboxylic acids is 1. The van der Waals surface area contributed by atoms with E-state index in [0.717, 1.165) is 11.1 Å². The molecule has 23 heavy (non-hydrogen) atoms. The first-order valence-electron chi connectivity index (χ1n) is 7.66. The van der Waals surface area contributed by atoms with Crippen LogP contribution in [0.25, 0.3) is 0 Å². The maximum Gasteiger partial charge on any atom is 0.277 e. The number of hydrazone groups is 1. The number of hydrogen-bond donors (Lipinski definition) is 1. The van der Waals surface area contributed by atoms with E-state index in [2.05, 4.69) is 36.5 Å². The number of amides is 1. The van der Waals surface area contributed by atoms with E-state index in [1.807, 2.05) is 43.3 Å². The van der Waals surface area contributed by atoms with Gasteiger partial charge in [-0.1, -0.05) is 55.8 Å². The minimum absolute atomic E-state index is 0.0628. The Balaban J connectivity index is 1.78. The number of nitrogens with zero attached hydrogens (tertiary/aromatic N) is 1. The number of nitrogens with one attached hydrogen (secondary N) is 1. The first kappa shape index (κ1) is 16.7. The predicted octanol–water partition coefficient (Wildman–Crippen LogP) is 3.65. The van der Waals surface area contributed by atoms with Gasteiger partial charge in [-0.3, -0.25) is 4.79 Å². The normalized spacial score (nSPS) is 11.0. The lowest BCUT2D eigenvalue weighted by Gasteiger charge is -2.05. The maximum absolute atomic E-state index is 11.7. The van der Waals surface area contributed by atoms with Gasteiger partial charge in [-0.25, -0.2) is 5.43 Å². The number of ether oxygens (including phenoxy) is 1. The highest BCUT2D eigenvalue weighted by atomic mass is 16.5. The molecular weight excluding hydrogens is 288 g/mol. The van der Waals surface area contributed by atoms with Crippen molar-refractivity contribution in [1.29, 1.82) is 0 Å². The van der Waals surface area contributed by atoms with Gasteiger partial charge in [-0.2, -0.15) is 5.10 Å². The van der Waals surface area contributed by atoms with Crippen LogP contribution in [0.3, 0.4) is 0 Å². The van der Waals surface area contributed by atoms with E-state index in [-0.39, 0.29) is 12.5 Å². The Labute approximate surface area is 137 Å².